The molecule has 0 fully saturated rings. The van der Waals surface area contributed by atoms with Crippen molar-refractivity contribution in [3.63, 3.8) is 0 Å². The lowest BCUT2D eigenvalue weighted by molar-refractivity contribution is -0.384. The van der Waals surface area contributed by atoms with E-state index in [4.69, 9.17) is 11.6 Å². The minimum absolute atomic E-state index is 0.00325. The minimum atomic E-state index is -0.676. The monoisotopic (exact) mass is 330 g/mol. The average molecular weight is 331 g/mol. The highest BCUT2D eigenvalue weighted by atomic mass is 35.5. The van der Waals surface area contributed by atoms with Gasteiger partial charge in [-0.2, -0.15) is 0 Å². The van der Waals surface area contributed by atoms with Crippen molar-refractivity contribution in [2.45, 2.75) is 6.04 Å². The highest BCUT2D eigenvalue weighted by Crippen LogP contribution is 2.32. The number of non-ortho nitro benzene ring substituents is 1. The predicted molar refractivity (Wildman–Crippen MR) is 83.5 cm³/mol. The summed E-state index contributed by atoms with van der Waals surface area (Å²) in [6, 6.07) is 11.6. The Morgan fingerprint density at radius 1 is 1.00 bits per heavy atom. The van der Waals surface area contributed by atoms with Crippen LogP contribution in [0.5, 0.6) is 0 Å². The smallest absolute Gasteiger partial charge is 0.269 e. The predicted octanol–water partition coefficient (Wildman–Crippen LogP) is 3.17. The number of nitrogens with zero attached hydrogens (tertiary/aromatic N) is 2. The van der Waals surface area contributed by atoms with Gasteiger partial charge in [0.1, 0.15) is 0 Å². The normalized spacial score (nSPS) is 14.7. The number of carbonyl (C=O) groups excluding carboxylic acids is 2. The van der Waals surface area contributed by atoms with Crippen LogP contribution < -0.4 is 0 Å². The van der Waals surface area contributed by atoms with Gasteiger partial charge in [-0.25, -0.2) is 0 Å². The van der Waals surface area contributed by atoms with Crippen LogP contribution >= 0.6 is 11.6 Å². The molecule has 1 aliphatic rings. The van der Waals surface area contributed by atoms with Gasteiger partial charge in [-0.3, -0.25) is 24.6 Å². The Kier molecular flexibility index (Phi) is 3.83. The Labute approximate surface area is 136 Å². The molecule has 2 amide bonds. The van der Waals surface area contributed by atoms with E-state index in [0.717, 1.165) is 4.90 Å². The summed E-state index contributed by atoms with van der Waals surface area (Å²) in [7, 11) is 0. The SMILES string of the molecule is O=C1c2ccccc2C(=O)N1[C@H](CCl)c1ccc([N+](=O)[O-])cc1. The first-order valence-corrected chi connectivity index (χ1v) is 7.35. The zero-order chi connectivity index (χ0) is 16.6. The van der Waals surface area contributed by atoms with Crippen molar-refractivity contribution in [1.29, 1.82) is 0 Å². The molecule has 7 heteroatoms. The fourth-order valence-corrected chi connectivity index (χ4v) is 2.93. The molecule has 2 aromatic carbocycles. The van der Waals surface area contributed by atoms with Gasteiger partial charge >= 0.3 is 0 Å². The summed E-state index contributed by atoms with van der Waals surface area (Å²) in [4.78, 5) is 36.3. The fraction of sp³-hybridized carbons (Fsp3) is 0.125. The molecule has 0 unspecified atom stereocenters. The van der Waals surface area contributed by atoms with E-state index in [2.05, 4.69) is 0 Å². The first-order valence-electron chi connectivity index (χ1n) is 6.82. The van der Waals surface area contributed by atoms with Gasteiger partial charge in [0.2, 0.25) is 0 Å². The second-order valence-electron chi connectivity index (χ2n) is 5.04. The number of hydrogen-bond acceptors (Lipinski definition) is 4. The number of carbonyl (C=O) groups is 2. The van der Waals surface area contributed by atoms with Crippen molar-refractivity contribution >= 4 is 29.1 Å². The molecule has 0 saturated heterocycles. The van der Waals surface area contributed by atoms with E-state index < -0.39 is 22.8 Å². The molecule has 23 heavy (non-hydrogen) atoms. The second-order valence-corrected chi connectivity index (χ2v) is 5.35. The molecule has 0 radical (unpaired) electrons. The Morgan fingerprint density at radius 3 is 1.96 bits per heavy atom. The van der Waals surface area contributed by atoms with Crippen LogP contribution in [0.2, 0.25) is 0 Å². The van der Waals surface area contributed by atoms with Crippen LogP contribution in [0.1, 0.15) is 32.3 Å². The van der Waals surface area contributed by atoms with Gasteiger partial charge in [0.05, 0.1) is 22.1 Å². The van der Waals surface area contributed by atoms with Crippen LogP contribution in [0.3, 0.4) is 0 Å². The Morgan fingerprint density at radius 2 is 1.52 bits per heavy atom. The summed E-state index contributed by atoms with van der Waals surface area (Å²) in [6.07, 6.45) is 0. The molecule has 116 valence electrons. The first kappa shape index (κ1) is 15.2. The van der Waals surface area contributed by atoms with Gasteiger partial charge in [0, 0.05) is 18.0 Å². The van der Waals surface area contributed by atoms with Crippen molar-refractivity contribution in [1.82, 2.24) is 4.90 Å². The second kappa shape index (κ2) is 5.81. The molecule has 1 heterocycles. The van der Waals surface area contributed by atoms with E-state index in [9.17, 15) is 19.7 Å². The lowest BCUT2D eigenvalue weighted by Crippen LogP contribution is -2.35. The standard InChI is InChI=1S/C16H11ClN2O4/c17-9-14(10-5-7-11(8-6-10)19(22)23)18-15(20)12-3-1-2-4-13(12)16(18)21/h1-8,14H,9H2/t14-/m1/s1. The van der Waals surface area contributed by atoms with E-state index in [-0.39, 0.29) is 11.6 Å². The molecule has 1 atom stereocenters. The number of amides is 2. The van der Waals surface area contributed by atoms with Crippen molar-refractivity contribution in [3.05, 3.63) is 75.3 Å². The molecular weight excluding hydrogens is 320 g/mol. The molecule has 0 aliphatic carbocycles. The molecular formula is C16H11ClN2O4. The van der Waals surface area contributed by atoms with Crippen LogP contribution in [0, 0.1) is 10.1 Å². The molecule has 6 nitrogen and oxygen atoms in total. The van der Waals surface area contributed by atoms with E-state index in [1.807, 2.05) is 0 Å². The number of nitro benzene ring substituents is 1. The van der Waals surface area contributed by atoms with E-state index in [1.54, 1.807) is 24.3 Å². The minimum Gasteiger partial charge on any atom is -0.269 e. The molecule has 0 spiro atoms. The molecule has 3 rings (SSSR count). The Bertz CT molecular complexity index is 769. The van der Waals surface area contributed by atoms with Gasteiger partial charge < -0.3 is 0 Å². The maximum Gasteiger partial charge on any atom is 0.269 e. The van der Waals surface area contributed by atoms with Crippen molar-refractivity contribution < 1.29 is 14.5 Å². The van der Waals surface area contributed by atoms with Crippen LogP contribution in [0.15, 0.2) is 48.5 Å². The van der Waals surface area contributed by atoms with Crippen LogP contribution in [0.25, 0.3) is 0 Å². The third-order valence-corrected chi connectivity index (χ3v) is 4.06. The topological polar surface area (TPSA) is 80.5 Å². The summed E-state index contributed by atoms with van der Waals surface area (Å²) in [5, 5.41) is 10.7. The number of imide groups is 1. The third-order valence-electron chi connectivity index (χ3n) is 3.77. The number of fused-ring (bicyclic) bond motifs is 1. The van der Waals surface area contributed by atoms with Crippen molar-refractivity contribution in [2.75, 3.05) is 5.88 Å². The van der Waals surface area contributed by atoms with Gasteiger partial charge in [0.25, 0.3) is 17.5 Å². The fourth-order valence-electron chi connectivity index (χ4n) is 2.62. The molecule has 2 aromatic rings. The molecule has 1 aliphatic heterocycles. The summed E-state index contributed by atoms with van der Waals surface area (Å²) < 4.78 is 0. The van der Waals surface area contributed by atoms with E-state index in [1.165, 1.54) is 24.3 Å². The zero-order valence-corrected chi connectivity index (χ0v) is 12.6. The molecule has 0 bridgehead atoms. The van der Waals surface area contributed by atoms with Crippen molar-refractivity contribution in [3.8, 4) is 0 Å². The van der Waals surface area contributed by atoms with Crippen LogP contribution in [-0.4, -0.2) is 27.5 Å². The number of nitro groups is 1. The molecule has 0 N–H and O–H groups in total. The lowest BCUT2D eigenvalue weighted by atomic mass is 10.1. The number of halogens is 1. The largest absolute Gasteiger partial charge is 0.269 e. The van der Waals surface area contributed by atoms with Gasteiger partial charge in [-0.1, -0.05) is 24.3 Å². The highest BCUT2D eigenvalue weighted by molar-refractivity contribution is 6.23. The number of alkyl halides is 1. The van der Waals surface area contributed by atoms with E-state index >= 15 is 0 Å². The lowest BCUT2D eigenvalue weighted by Gasteiger charge is -2.24. The summed E-state index contributed by atoms with van der Waals surface area (Å²) in [5.41, 5.74) is 1.19. The average Bonchev–Trinajstić information content (AvgIpc) is 2.82. The maximum atomic E-state index is 12.5. The number of benzene rings is 2. The Hall–Kier alpha value is -2.73. The van der Waals surface area contributed by atoms with E-state index in [0.29, 0.717) is 16.7 Å². The summed E-state index contributed by atoms with van der Waals surface area (Å²) >= 11 is 5.98. The van der Waals surface area contributed by atoms with Crippen LogP contribution in [-0.2, 0) is 0 Å². The number of rotatable bonds is 4. The van der Waals surface area contributed by atoms with Crippen LogP contribution in [0.4, 0.5) is 5.69 Å². The third kappa shape index (κ3) is 2.47. The zero-order valence-electron chi connectivity index (χ0n) is 11.8. The number of hydrogen-bond donors (Lipinski definition) is 0. The quantitative estimate of drug-likeness (QED) is 0.373. The van der Waals surface area contributed by atoms with Gasteiger partial charge in [-0.05, 0) is 17.7 Å². The highest BCUT2D eigenvalue weighted by Gasteiger charge is 2.40. The first-order chi connectivity index (χ1) is 11.0. The Balaban J connectivity index is 1.98. The van der Waals surface area contributed by atoms with Gasteiger partial charge in [0.15, 0.2) is 0 Å². The maximum absolute atomic E-state index is 12.5. The summed E-state index contributed by atoms with van der Waals surface area (Å²) in [6.45, 7) is 0. The summed E-state index contributed by atoms with van der Waals surface area (Å²) in [5.74, 6) is -0.812. The van der Waals surface area contributed by atoms with Crippen molar-refractivity contribution in [2.24, 2.45) is 0 Å². The molecule has 0 saturated carbocycles. The van der Waals surface area contributed by atoms with Gasteiger partial charge in [-0.15, -0.1) is 11.6 Å². The molecule has 0 aromatic heterocycles.